The average molecular weight is 1500 g/mol. The topological polar surface area (TPSA) is 611 Å². The fourth-order valence-electron chi connectivity index (χ4n) is 13.4. The molecule has 15 aliphatic rings. The Balaban J connectivity index is 0.872. The van der Waals surface area contributed by atoms with Crippen molar-refractivity contribution in [1.29, 1.82) is 0 Å². The first-order valence-electron chi connectivity index (χ1n) is 33.0. The Morgan fingerprint density at radius 2 is 0.618 bits per heavy atom. The van der Waals surface area contributed by atoms with Gasteiger partial charge in [0.2, 0.25) is 10.0 Å². The van der Waals surface area contributed by atoms with E-state index in [1.54, 1.807) is 18.2 Å². The molecule has 15 saturated heterocycles. The lowest BCUT2D eigenvalue weighted by molar-refractivity contribution is -0.398. The smallest absolute Gasteiger partial charge is 0.241 e. The van der Waals surface area contributed by atoms with Crippen molar-refractivity contribution in [2.45, 2.75) is 220 Å². The maximum absolute atomic E-state index is 13.4. The summed E-state index contributed by atoms with van der Waals surface area (Å²) in [5.41, 5.74) is 0.816. The maximum atomic E-state index is 13.4. The predicted molar refractivity (Wildman–Crippen MR) is 327 cm³/mol. The lowest BCUT2D eigenvalue weighted by Gasteiger charge is -2.50. The highest BCUT2D eigenvalue weighted by Gasteiger charge is 2.60. The third-order valence-electron chi connectivity index (χ3n) is 18.8. The molecule has 0 saturated carbocycles. The maximum Gasteiger partial charge on any atom is 0.241 e. The van der Waals surface area contributed by atoms with Gasteiger partial charge in [0, 0.05) is 37.1 Å². The molecule has 2 aromatic rings. The molecule has 21 N–H and O–H groups in total. The second-order valence-corrected chi connectivity index (χ2v) is 27.4. The van der Waals surface area contributed by atoms with Gasteiger partial charge in [0.15, 0.2) is 44.0 Å². The third-order valence-corrected chi connectivity index (χ3v) is 20.4. The standard InChI is InChI=1S/C60H94N2O39S/c1-62(2)24-7-3-6-23-22(24)5-4-8-32(23)102(83,84)61-9-10-85-11-12-86-13-14-87-53-45(82)52-31(21-69)94-60(53)101-51-30(20-68)93-58(44(81)38(51)75)99-49-28(18-66)91-56(42(79)36(49)73)97-47-26(16-64)89-54(40(77)34(47)71)95-46-25(15-63)88-55(39(76)33(46)70)96-48-27(17-65)90-57(41(78)35(48)72)98-50-29(19-67)92-59(100-52)43(80)37(50)74/h3-8,25-31,33-61,63-82H,9-21H2,1-2H3/t25-,26-,27-,28-,29-,30-,31-,33-,34-,35-,36-,37-,38-,39-,40-,41-,42-,43-,44-,45+,46-,47-,48-,49-,50-,51-,52-,53-,54-,55-,56-,57-,58-,59-,60-/m1/s1. The van der Waals surface area contributed by atoms with Crippen LogP contribution in [0.4, 0.5) is 5.69 Å². The molecule has 35 atom stereocenters. The number of hydrogen-bond acceptors (Lipinski definition) is 40. The highest BCUT2D eigenvalue weighted by atomic mass is 32.2. The van der Waals surface area contributed by atoms with E-state index in [1.807, 2.05) is 31.1 Å². The van der Waals surface area contributed by atoms with Gasteiger partial charge in [-0.05, 0) is 12.1 Å². The number of sulfonamides is 1. The fraction of sp³-hybridized carbons (Fsp3) is 0.833. The molecule has 0 unspecified atom stereocenters. The van der Waals surface area contributed by atoms with Crippen molar-refractivity contribution in [2.75, 3.05) is 105 Å². The first kappa shape index (κ1) is 81.4. The van der Waals surface area contributed by atoms with Crippen molar-refractivity contribution in [1.82, 2.24) is 4.72 Å². The Morgan fingerprint density at radius 1 is 0.343 bits per heavy atom. The summed E-state index contributed by atoms with van der Waals surface area (Å²) in [7, 11) is -0.327. The van der Waals surface area contributed by atoms with Gasteiger partial charge in [0.05, 0.1) is 84.2 Å². The monoisotopic (exact) mass is 1500 g/mol. The van der Waals surface area contributed by atoms with Crippen LogP contribution in [0.5, 0.6) is 0 Å². The van der Waals surface area contributed by atoms with Crippen molar-refractivity contribution < 1.29 is 191 Å². The molecule has 42 heteroatoms. The van der Waals surface area contributed by atoms with Crippen molar-refractivity contribution in [3.05, 3.63) is 36.4 Å². The van der Waals surface area contributed by atoms with E-state index in [1.165, 1.54) is 6.07 Å². The van der Waals surface area contributed by atoms with E-state index >= 15 is 0 Å². The molecular weight excluding hydrogens is 1400 g/mol. The van der Waals surface area contributed by atoms with Gasteiger partial charge < -0.3 is 188 Å². The molecule has 0 amide bonds. The van der Waals surface area contributed by atoms with E-state index in [4.69, 9.17) is 80.5 Å². The number of rotatable bonds is 20. The Bertz CT molecular complexity index is 3020. The first-order chi connectivity index (χ1) is 48.7. The van der Waals surface area contributed by atoms with Gasteiger partial charge in [-0.25, -0.2) is 13.1 Å². The van der Waals surface area contributed by atoms with Crippen LogP contribution in [0, 0.1) is 0 Å². The second-order valence-electron chi connectivity index (χ2n) is 25.6. The molecule has 584 valence electrons. The zero-order valence-electron chi connectivity index (χ0n) is 54.9. The number of aliphatic hydroxyl groups excluding tert-OH is 20. The summed E-state index contributed by atoms with van der Waals surface area (Å²) < 4.78 is 128. The van der Waals surface area contributed by atoms with Gasteiger partial charge in [-0.15, -0.1) is 0 Å². The number of fused-ring (bicyclic) bond motifs is 8. The number of nitrogens with zero attached hydrogens (tertiary/aromatic N) is 1. The number of benzene rings is 2. The van der Waals surface area contributed by atoms with Gasteiger partial charge >= 0.3 is 0 Å². The molecular formula is C60H94N2O39S. The van der Waals surface area contributed by atoms with Crippen LogP contribution in [0.3, 0.4) is 0 Å². The molecule has 0 spiro atoms. The molecule has 102 heavy (non-hydrogen) atoms. The quantitative estimate of drug-likeness (QED) is 0.0547. The number of hydrogen-bond donors (Lipinski definition) is 21. The fourth-order valence-corrected chi connectivity index (χ4v) is 14.6. The van der Waals surface area contributed by atoms with Crippen molar-refractivity contribution >= 4 is 26.5 Å². The van der Waals surface area contributed by atoms with Crippen LogP contribution in [0.25, 0.3) is 10.8 Å². The lowest BCUT2D eigenvalue weighted by Crippen LogP contribution is -2.68. The normalized spacial score (nSPS) is 44.9. The van der Waals surface area contributed by atoms with Crippen LogP contribution in [-0.2, 0) is 90.5 Å². The molecule has 2 aromatic carbocycles. The highest BCUT2D eigenvalue weighted by Crippen LogP contribution is 2.40. The predicted octanol–water partition coefficient (Wildman–Crippen LogP) is -13.0. The zero-order chi connectivity index (χ0) is 73.8. The van der Waals surface area contributed by atoms with E-state index < -0.39 is 278 Å². The number of aliphatic hydroxyl groups is 20. The lowest BCUT2D eigenvalue weighted by atomic mass is 9.95. The molecule has 14 bridgehead atoms. The molecule has 0 aromatic heterocycles. The van der Waals surface area contributed by atoms with Crippen LogP contribution < -0.4 is 9.62 Å². The van der Waals surface area contributed by atoms with Gasteiger partial charge in [-0.1, -0.05) is 24.3 Å². The van der Waals surface area contributed by atoms with Gasteiger partial charge in [-0.2, -0.15) is 0 Å². The number of nitrogens with one attached hydrogen (secondary N) is 1. The molecule has 0 aliphatic carbocycles. The zero-order valence-corrected chi connectivity index (χ0v) is 55.7. The summed E-state index contributed by atoms with van der Waals surface area (Å²) in [4.78, 5) is 1.93. The summed E-state index contributed by atoms with van der Waals surface area (Å²) >= 11 is 0. The van der Waals surface area contributed by atoms with Gasteiger partial charge in [0.25, 0.3) is 0 Å². The minimum Gasteiger partial charge on any atom is -0.394 e. The van der Waals surface area contributed by atoms with Crippen molar-refractivity contribution in [2.24, 2.45) is 0 Å². The van der Waals surface area contributed by atoms with Crippen LogP contribution in [0.1, 0.15) is 0 Å². The summed E-state index contributed by atoms with van der Waals surface area (Å²) in [6.07, 6.45) is -70.9. The Labute approximate surface area is 581 Å². The summed E-state index contributed by atoms with van der Waals surface area (Å²) in [6, 6.07) is 10.2. The van der Waals surface area contributed by atoms with E-state index in [9.17, 15) is 111 Å². The summed E-state index contributed by atoms with van der Waals surface area (Å²) in [5, 5.41) is 226. The molecule has 41 nitrogen and oxygen atoms in total. The molecule has 17 rings (SSSR count). The summed E-state index contributed by atoms with van der Waals surface area (Å²) in [6.45, 7) is -8.64. The van der Waals surface area contributed by atoms with E-state index in [0.29, 0.717) is 5.39 Å². The van der Waals surface area contributed by atoms with Crippen molar-refractivity contribution in [3.63, 3.8) is 0 Å². The Hall–Kier alpha value is -3.07. The minimum absolute atomic E-state index is 0.0638. The van der Waals surface area contributed by atoms with E-state index in [-0.39, 0.29) is 37.9 Å². The van der Waals surface area contributed by atoms with E-state index in [2.05, 4.69) is 4.72 Å². The molecule has 15 fully saturated rings. The Morgan fingerprint density at radius 3 is 0.941 bits per heavy atom. The van der Waals surface area contributed by atoms with Crippen LogP contribution in [-0.4, -0.2) is 425 Å². The van der Waals surface area contributed by atoms with Gasteiger partial charge in [0.1, 0.15) is 171 Å². The van der Waals surface area contributed by atoms with E-state index in [0.717, 1.165) is 11.1 Å². The molecule has 0 radical (unpaired) electrons. The highest BCUT2D eigenvalue weighted by molar-refractivity contribution is 7.89. The van der Waals surface area contributed by atoms with Crippen LogP contribution in [0.2, 0.25) is 0 Å². The third kappa shape index (κ3) is 17.3. The second kappa shape index (κ2) is 36.0. The number of ether oxygens (including phenoxy) is 17. The SMILES string of the molecule is CN(C)c1cccc2c(S(=O)(=O)NCCOCCOCCO[C@H]3[C@H]4O[C@H]5[C@H](O)[C@@H](O)[C@@H](O[C@H]6[C@H](O)[C@@H](O)[C@@H](O[C@H]7[C@H](O)[C@@H](O)[C@@H](O[C@H]8[C@H](O)[C@@H](O)[C@@H](O[C@H]9[C@H](O)[C@@H](O)[C@@H](O[C@H]%10[C@H](O)[C@@H](O)[C@@H](O[C@@H]([C@@H]3O)[C@@H](CO)O4)O[C@@H]%10CO)O[C@@H]9CO)O[C@@H]8CO)O[C@@H]7CO)O[C@@H]6CO)O[C@@H]5CO)cccc12. The Kier molecular flexibility index (Phi) is 28.7. The number of anilines is 1. The minimum atomic E-state index is -4.00. The van der Waals surface area contributed by atoms with Crippen LogP contribution in [0.15, 0.2) is 41.3 Å². The van der Waals surface area contributed by atoms with Crippen LogP contribution >= 0.6 is 0 Å². The average Bonchev–Trinajstić information content (AvgIpc) is 0.783. The molecule has 15 heterocycles. The summed E-state index contributed by atoms with van der Waals surface area (Å²) in [5.74, 6) is 0. The van der Waals surface area contributed by atoms with Crippen molar-refractivity contribution in [3.8, 4) is 0 Å². The largest absolute Gasteiger partial charge is 0.394 e. The first-order valence-corrected chi connectivity index (χ1v) is 34.5. The molecule has 15 aliphatic heterocycles. The van der Waals surface area contributed by atoms with Gasteiger partial charge in [-0.3, -0.25) is 0 Å².